The van der Waals surface area contributed by atoms with E-state index in [-0.39, 0.29) is 30.9 Å². The highest BCUT2D eigenvalue weighted by Crippen LogP contribution is 2.46. The number of hydrogen-bond acceptors (Lipinski definition) is 5. The number of hydrogen-bond donors (Lipinski definition) is 1. The van der Waals surface area contributed by atoms with Gasteiger partial charge in [-0.15, -0.1) is 0 Å². The van der Waals surface area contributed by atoms with Crippen molar-refractivity contribution in [2.45, 2.75) is 19.9 Å². The summed E-state index contributed by atoms with van der Waals surface area (Å²) < 4.78 is 24.0. The Balaban J connectivity index is 2.12. The van der Waals surface area contributed by atoms with Crippen LogP contribution in [0.5, 0.6) is 0 Å². The molecule has 2 heterocycles. The van der Waals surface area contributed by atoms with Crippen LogP contribution in [-0.2, 0) is 29.7 Å². The molecule has 0 aliphatic heterocycles. The molecule has 164 valence electrons. The first-order chi connectivity index (χ1) is 13.4. The van der Waals surface area contributed by atoms with Gasteiger partial charge >= 0.3 is 13.4 Å². The summed E-state index contributed by atoms with van der Waals surface area (Å²) >= 11 is 0. The Morgan fingerprint density at radius 3 is 2.48 bits per heavy atom. The Bertz CT molecular complexity index is 1020. The van der Waals surface area contributed by atoms with Gasteiger partial charge in [-0.1, -0.05) is 6.92 Å². The number of nitrogens with zero attached hydrogens (tertiary/aromatic N) is 6. The van der Waals surface area contributed by atoms with E-state index < -0.39 is 19.0 Å². The molecule has 0 aromatic carbocycles. The van der Waals surface area contributed by atoms with Crippen molar-refractivity contribution in [2.24, 2.45) is 14.1 Å². The highest BCUT2D eigenvalue weighted by atomic mass is 31.2. The predicted molar refractivity (Wildman–Crippen MR) is 111 cm³/mol. The second-order valence-electron chi connectivity index (χ2n) is 8.05. The minimum absolute atomic E-state index is 0.191. The zero-order valence-electron chi connectivity index (χ0n) is 18.0. The van der Waals surface area contributed by atoms with Crippen molar-refractivity contribution in [3.8, 4) is 0 Å². The van der Waals surface area contributed by atoms with Crippen molar-refractivity contribution in [3.05, 3.63) is 27.2 Å². The average Bonchev–Trinajstić information content (AvgIpc) is 3.05. The lowest BCUT2D eigenvalue weighted by Gasteiger charge is -2.27. The molecule has 2 rings (SSSR count). The van der Waals surface area contributed by atoms with Crippen molar-refractivity contribution < 1.29 is 18.5 Å². The Kier molecular flexibility index (Phi) is 7.23. The zero-order chi connectivity index (χ0) is 22.0. The molecule has 11 nitrogen and oxygen atoms in total. The van der Waals surface area contributed by atoms with Gasteiger partial charge in [-0.05, 0) is 0 Å². The molecule has 0 saturated carbocycles. The molecule has 0 aliphatic carbocycles. The molecule has 0 spiro atoms. The van der Waals surface area contributed by atoms with Crippen molar-refractivity contribution in [1.29, 1.82) is 0 Å². The monoisotopic (exact) mass is 431 g/mol. The van der Waals surface area contributed by atoms with Crippen LogP contribution in [0.3, 0.4) is 0 Å². The van der Waals surface area contributed by atoms with Gasteiger partial charge in [0.15, 0.2) is 11.2 Å². The van der Waals surface area contributed by atoms with Crippen LogP contribution in [0.2, 0.25) is 0 Å². The van der Waals surface area contributed by atoms with E-state index in [9.17, 15) is 19.0 Å². The van der Waals surface area contributed by atoms with E-state index >= 15 is 0 Å². The molecule has 2 aromatic heterocycles. The molecule has 1 N–H and O–H groups in total. The van der Waals surface area contributed by atoms with E-state index in [0.717, 1.165) is 15.6 Å². The maximum Gasteiger partial charge on any atom is 0.405 e. The lowest BCUT2D eigenvalue weighted by molar-refractivity contribution is -0.870. The number of fused-ring (bicyclic) bond motifs is 1. The summed E-state index contributed by atoms with van der Waals surface area (Å²) in [6, 6.07) is 0. The van der Waals surface area contributed by atoms with Gasteiger partial charge in [-0.2, -0.15) is 0 Å². The summed E-state index contributed by atoms with van der Waals surface area (Å²) in [6.45, 7) is 3.55. The predicted octanol–water partition coefficient (Wildman–Crippen LogP) is -0.0311. The summed E-state index contributed by atoms with van der Waals surface area (Å²) in [6.07, 6.45) is 2.13. The number of quaternary nitrogens is 1. The van der Waals surface area contributed by atoms with Gasteiger partial charge in [0.1, 0.15) is 0 Å². The SMILES string of the molecule is CCN(CCn1cnc2c1c(=O)n(C)c(=O)n2C)P(=O)(O)OCCC[N+](C)(C)C. The van der Waals surface area contributed by atoms with Crippen LogP contribution in [0.15, 0.2) is 15.9 Å². The van der Waals surface area contributed by atoms with Gasteiger partial charge in [0.05, 0.1) is 40.6 Å². The normalized spacial score (nSPS) is 14.6. The topological polar surface area (TPSA) is 112 Å². The van der Waals surface area contributed by atoms with Gasteiger partial charge in [-0.3, -0.25) is 18.5 Å². The average molecular weight is 431 g/mol. The smallest absolute Gasteiger partial charge is 0.331 e. The Morgan fingerprint density at radius 2 is 1.90 bits per heavy atom. The van der Waals surface area contributed by atoms with Gasteiger partial charge in [0.25, 0.3) is 5.56 Å². The minimum atomic E-state index is -3.95. The summed E-state index contributed by atoms with van der Waals surface area (Å²) in [5.74, 6) is 0. The largest absolute Gasteiger partial charge is 0.405 e. The van der Waals surface area contributed by atoms with Crippen molar-refractivity contribution in [1.82, 2.24) is 23.4 Å². The minimum Gasteiger partial charge on any atom is -0.331 e. The Morgan fingerprint density at radius 1 is 1.24 bits per heavy atom. The lowest BCUT2D eigenvalue weighted by atomic mass is 10.4. The van der Waals surface area contributed by atoms with Crippen LogP contribution >= 0.6 is 7.75 Å². The first kappa shape index (κ1) is 23.5. The van der Waals surface area contributed by atoms with E-state index in [2.05, 4.69) is 4.98 Å². The van der Waals surface area contributed by atoms with E-state index in [4.69, 9.17) is 4.52 Å². The standard InChI is InChI=1S/C17H31N6O5P/c1-7-22(29(26,27)28-12-8-11-23(4,5)6)10-9-21-13-18-15-14(21)16(24)20(3)17(25)19(15)2/h13H,7-12H2,1-6H3/p+1. The number of aryl methyl sites for hydroxylation is 1. The highest BCUT2D eigenvalue weighted by molar-refractivity contribution is 7.50. The van der Waals surface area contributed by atoms with Gasteiger partial charge in [0.2, 0.25) is 0 Å². The van der Waals surface area contributed by atoms with Crippen molar-refractivity contribution >= 4 is 18.9 Å². The summed E-state index contributed by atoms with van der Waals surface area (Å²) in [7, 11) is 5.15. The van der Waals surface area contributed by atoms with Crippen LogP contribution < -0.4 is 11.2 Å². The van der Waals surface area contributed by atoms with Crippen LogP contribution in [0.25, 0.3) is 11.2 Å². The highest BCUT2D eigenvalue weighted by Gasteiger charge is 2.28. The maximum absolute atomic E-state index is 12.6. The second-order valence-corrected chi connectivity index (χ2v) is 9.86. The van der Waals surface area contributed by atoms with Crippen molar-refractivity contribution in [2.75, 3.05) is 47.4 Å². The molecule has 1 atom stereocenters. The summed E-state index contributed by atoms with van der Waals surface area (Å²) in [5, 5.41) is 0. The van der Waals surface area contributed by atoms with E-state index in [0.29, 0.717) is 13.0 Å². The van der Waals surface area contributed by atoms with E-state index in [1.807, 2.05) is 21.1 Å². The lowest BCUT2D eigenvalue weighted by Crippen LogP contribution is -2.37. The number of imidazole rings is 1. The fraction of sp³-hybridized carbons (Fsp3) is 0.706. The zero-order valence-corrected chi connectivity index (χ0v) is 18.9. The molecule has 0 saturated heterocycles. The number of likely N-dealkylation sites (N-methyl/N-ethyl adjacent to an activating group) is 1. The fourth-order valence-corrected chi connectivity index (χ4v) is 4.29. The summed E-state index contributed by atoms with van der Waals surface area (Å²) in [5.41, 5.74) is -0.343. The van der Waals surface area contributed by atoms with Crippen LogP contribution in [0, 0.1) is 0 Å². The van der Waals surface area contributed by atoms with Crippen LogP contribution in [0.4, 0.5) is 0 Å². The molecule has 2 aromatic rings. The molecule has 0 aliphatic rings. The first-order valence-corrected chi connectivity index (χ1v) is 11.1. The Hall–Kier alpha value is -1.78. The second kappa shape index (κ2) is 8.93. The molecule has 29 heavy (non-hydrogen) atoms. The molecular weight excluding hydrogens is 399 g/mol. The number of aromatic nitrogens is 4. The molecule has 0 fully saturated rings. The molecule has 1 unspecified atom stereocenters. The summed E-state index contributed by atoms with van der Waals surface area (Å²) in [4.78, 5) is 39.0. The fourth-order valence-electron chi connectivity index (χ4n) is 3.06. The quantitative estimate of drug-likeness (QED) is 0.319. The molecular formula is C17H32N6O5P+. The number of rotatable bonds is 10. The molecule has 0 bridgehead atoms. The van der Waals surface area contributed by atoms with Crippen molar-refractivity contribution in [3.63, 3.8) is 0 Å². The molecule has 12 heteroatoms. The van der Waals surface area contributed by atoms with E-state index in [1.54, 1.807) is 18.5 Å². The third-order valence-electron chi connectivity index (χ3n) is 4.77. The molecule has 0 radical (unpaired) electrons. The third-order valence-corrected chi connectivity index (χ3v) is 6.49. The van der Waals surface area contributed by atoms with Gasteiger partial charge in [0, 0.05) is 40.2 Å². The third kappa shape index (κ3) is 5.43. The van der Waals surface area contributed by atoms with E-state index in [1.165, 1.54) is 22.6 Å². The van der Waals surface area contributed by atoms with Gasteiger partial charge in [-0.25, -0.2) is 19.0 Å². The first-order valence-electron chi connectivity index (χ1n) is 9.53. The van der Waals surface area contributed by atoms with Crippen LogP contribution in [0.1, 0.15) is 13.3 Å². The maximum atomic E-state index is 12.6. The van der Waals surface area contributed by atoms with Gasteiger partial charge < -0.3 is 13.9 Å². The van der Waals surface area contributed by atoms with Crippen LogP contribution in [-0.4, -0.2) is 80.1 Å². The Labute approximate surface area is 169 Å². The molecule has 0 amide bonds.